The number of piperidine rings is 1. The SMILES string of the molecule is O=C(O)NCCCCn1cc(COc2cc(S(=O)(=O)F)cc3c2CN(C2CCC(=O)NC2=O)C3=O)nn1. The first kappa shape index (κ1) is 26.0. The molecule has 0 saturated carbocycles. The predicted octanol–water partition coefficient (Wildman–Crippen LogP) is 0.324. The summed E-state index contributed by atoms with van der Waals surface area (Å²) in [6.45, 7) is 0.497. The Balaban J connectivity index is 1.48. The van der Waals surface area contributed by atoms with E-state index in [1.807, 2.05) is 0 Å². The Hall–Kier alpha value is -4.08. The number of aryl methyl sites for hydroxylation is 1. The maximum Gasteiger partial charge on any atom is 0.404 e. The molecule has 3 heterocycles. The van der Waals surface area contributed by atoms with Crippen molar-refractivity contribution in [1.29, 1.82) is 0 Å². The second-order valence-corrected chi connectivity index (χ2v) is 9.83. The molecule has 0 bridgehead atoms. The summed E-state index contributed by atoms with van der Waals surface area (Å²) in [5.41, 5.74) is 0.537. The Labute approximate surface area is 210 Å². The van der Waals surface area contributed by atoms with Gasteiger partial charge in [-0.15, -0.1) is 8.98 Å². The van der Waals surface area contributed by atoms with E-state index in [2.05, 4.69) is 20.9 Å². The number of aromatic nitrogens is 3. The van der Waals surface area contributed by atoms with Crippen molar-refractivity contribution in [2.45, 2.75) is 56.3 Å². The van der Waals surface area contributed by atoms with Crippen molar-refractivity contribution in [2.75, 3.05) is 6.54 Å². The van der Waals surface area contributed by atoms with Crippen molar-refractivity contribution in [3.05, 3.63) is 35.2 Å². The van der Waals surface area contributed by atoms with Gasteiger partial charge in [0.2, 0.25) is 11.8 Å². The Morgan fingerprint density at radius 3 is 2.76 bits per heavy atom. The minimum Gasteiger partial charge on any atom is -0.487 e. The summed E-state index contributed by atoms with van der Waals surface area (Å²) in [5.74, 6) is -1.84. The monoisotopic (exact) mass is 538 g/mol. The zero-order chi connectivity index (χ0) is 26.7. The highest BCUT2D eigenvalue weighted by atomic mass is 32.3. The molecule has 1 aromatic carbocycles. The van der Waals surface area contributed by atoms with Gasteiger partial charge in [-0.3, -0.25) is 24.4 Å². The highest BCUT2D eigenvalue weighted by Gasteiger charge is 2.41. The van der Waals surface area contributed by atoms with Crippen LogP contribution in [0.3, 0.4) is 0 Å². The molecule has 1 fully saturated rings. The first-order valence-electron chi connectivity index (χ1n) is 11.3. The van der Waals surface area contributed by atoms with E-state index in [9.17, 15) is 31.5 Å². The number of halogens is 1. The second-order valence-electron chi connectivity index (χ2n) is 8.49. The highest BCUT2D eigenvalue weighted by molar-refractivity contribution is 7.86. The predicted molar refractivity (Wildman–Crippen MR) is 120 cm³/mol. The number of hydrogen-bond acceptors (Lipinski definition) is 9. The van der Waals surface area contributed by atoms with Gasteiger partial charge in [0.05, 0.1) is 12.7 Å². The molecule has 1 aromatic heterocycles. The lowest BCUT2D eigenvalue weighted by atomic mass is 10.0. The number of carbonyl (C=O) groups is 4. The second kappa shape index (κ2) is 10.5. The van der Waals surface area contributed by atoms with E-state index in [-0.39, 0.29) is 42.9 Å². The molecule has 0 radical (unpaired) electrons. The molecule has 3 N–H and O–H groups in total. The number of benzene rings is 1. The normalized spacial score (nSPS) is 17.5. The molecule has 4 amide bonds. The Bertz CT molecular complexity index is 1360. The maximum absolute atomic E-state index is 13.9. The number of nitrogens with one attached hydrogen (secondary N) is 2. The van der Waals surface area contributed by atoms with Crippen LogP contribution in [0.4, 0.5) is 8.68 Å². The first-order chi connectivity index (χ1) is 17.5. The molecule has 1 unspecified atom stereocenters. The van der Waals surface area contributed by atoms with Gasteiger partial charge in [-0.2, -0.15) is 8.42 Å². The van der Waals surface area contributed by atoms with Crippen LogP contribution in [0.25, 0.3) is 0 Å². The quantitative estimate of drug-likeness (QED) is 0.216. The molecule has 37 heavy (non-hydrogen) atoms. The number of carboxylic acid groups (broad SMARTS) is 1. The summed E-state index contributed by atoms with van der Waals surface area (Å²) in [7, 11) is -5.18. The minimum absolute atomic E-state index is 0.0374. The molecule has 2 aliphatic heterocycles. The van der Waals surface area contributed by atoms with Gasteiger partial charge >= 0.3 is 16.3 Å². The molecule has 1 saturated heterocycles. The fourth-order valence-electron chi connectivity index (χ4n) is 4.13. The van der Waals surface area contributed by atoms with Crippen molar-refractivity contribution in [3.8, 4) is 5.75 Å². The van der Waals surface area contributed by atoms with E-state index < -0.39 is 45.0 Å². The average molecular weight is 539 g/mol. The lowest BCUT2D eigenvalue weighted by Crippen LogP contribution is -2.52. The molecule has 2 aromatic rings. The van der Waals surface area contributed by atoms with Crippen LogP contribution >= 0.6 is 0 Å². The summed E-state index contributed by atoms with van der Waals surface area (Å²) < 4.78 is 44.3. The van der Waals surface area contributed by atoms with Crippen LogP contribution in [0.2, 0.25) is 0 Å². The van der Waals surface area contributed by atoms with Crippen molar-refractivity contribution in [3.63, 3.8) is 0 Å². The van der Waals surface area contributed by atoms with Gasteiger partial charge in [-0.25, -0.2) is 4.79 Å². The highest BCUT2D eigenvalue weighted by Crippen LogP contribution is 2.36. The molecule has 2 aliphatic rings. The van der Waals surface area contributed by atoms with E-state index in [1.165, 1.54) is 9.58 Å². The lowest BCUT2D eigenvalue weighted by Gasteiger charge is -2.29. The van der Waals surface area contributed by atoms with Crippen LogP contribution in [0.5, 0.6) is 5.75 Å². The van der Waals surface area contributed by atoms with E-state index >= 15 is 0 Å². The number of carbonyl (C=O) groups excluding carboxylic acids is 3. The number of imide groups is 1. The van der Waals surface area contributed by atoms with Crippen LogP contribution in [-0.2, 0) is 39.5 Å². The van der Waals surface area contributed by atoms with Gasteiger partial charge < -0.3 is 20.1 Å². The lowest BCUT2D eigenvalue weighted by molar-refractivity contribution is -0.136. The molecular weight excluding hydrogens is 515 g/mol. The average Bonchev–Trinajstić information content (AvgIpc) is 3.41. The van der Waals surface area contributed by atoms with Gasteiger partial charge in [0.1, 0.15) is 29.0 Å². The number of unbranched alkanes of at least 4 members (excludes halogenated alkanes) is 1. The van der Waals surface area contributed by atoms with Crippen LogP contribution in [0, 0.1) is 0 Å². The van der Waals surface area contributed by atoms with Crippen LogP contribution in [-0.4, -0.2) is 69.8 Å². The van der Waals surface area contributed by atoms with Crippen molar-refractivity contribution in [2.24, 2.45) is 0 Å². The number of fused-ring (bicyclic) bond motifs is 1. The molecule has 1 atom stereocenters. The van der Waals surface area contributed by atoms with Crippen molar-refractivity contribution >= 4 is 34.0 Å². The zero-order valence-electron chi connectivity index (χ0n) is 19.3. The third-order valence-electron chi connectivity index (χ3n) is 5.92. The Morgan fingerprint density at radius 2 is 2.05 bits per heavy atom. The molecule has 4 rings (SSSR count). The Morgan fingerprint density at radius 1 is 1.27 bits per heavy atom. The fourth-order valence-corrected chi connectivity index (χ4v) is 4.64. The first-order valence-corrected chi connectivity index (χ1v) is 12.7. The summed E-state index contributed by atoms with van der Waals surface area (Å²) in [5, 5.41) is 20.9. The van der Waals surface area contributed by atoms with Crippen LogP contribution in [0.15, 0.2) is 23.2 Å². The van der Waals surface area contributed by atoms with Gasteiger partial charge in [0.15, 0.2) is 0 Å². The number of hydrogen-bond donors (Lipinski definition) is 3. The Kier molecular flexibility index (Phi) is 7.37. The van der Waals surface area contributed by atoms with E-state index in [4.69, 9.17) is 9.84 Å². The van der Waals surface area contributed by atoms with Gasteiger partial charge in [-0.1, -0.05) is 5.21 Å². The molecule has 198 valence electrons. The third-order valence-corrected chi connectivity index (χ3v) is 6.72. The molecule has 14 nitrogen and oxygen atoms in total. The molecule has 0 aliphatic carbocycles. The molecule has 16 heteroatoms. The third kappa shape index (κ3) is 6.02. The zero-order valence-corrected chi connectivity index (χ0v) is 20.2. The number of nitrogens with zero attached hydrogens (tertiary/aromatic N) is 4. The summed E-state index contributed by atoms with van der Waals surface area (Å²) in [6.07, 6.45) is 1.85. The van der Waals surface area contributed by atoms with Gasteiger partial charge in [0, 0.05) is 36.7 Å². The summed E-state index contributed by atoms with van der Waals surface area (Å²) >= 11 is 0. The number of amides is 4. The van der Waals surface area contributed by atoms with Crippen molar-refractivity contribution in [1.82, 2.24) is 30.5 Å². The largest absolute Gasteiger partial charge is 0.487 e. The van der Waals surface area contributed by atoms with E-state index in [1.54, 1.807) is 6.20 Å². The van der Waals surface area contributed by atoms with Gasteiger partial charge in [0.25, 0.3) is 5.91 Å². The fraction of sp³-hybridized carbons (Fsp3) is 0.429. The standard InChI is InChI=1S/C21H23FN6O8S/c22-37(34,35)13-7-14-15(10-28(20(14)31)16-3-4-18(29)24-19(16)30)17(8-13)36-11-12-9-27(26-25-12)6-2-1-5-23-21(32)33/h7-9,16,23H,1-6,10-11H2,(H,32,33)(H,24,29,30). The van der Waals surface area contributed by atoms with Gasteiger partial charge in [-0.05, 0) is 25.3 Å². The summed E-state index contributed by atoms with van der Waals surface area (Å²) in [6, 6.07) is 0.928. The van der Waals surface area contributed by atoms with Crippen LogP contribution in [0.1, 0.15) is 47.3 Å². The van der Waals surface area contributed by atoms with E-state index in [0.29, 0.717) is 31.6 Å². The topological polar surface area (TPSA) is 190 Å². The number of rotatable bonds is 10. The molecular formula is C21H23FN6O8S. The van der Waals surface area contributed by atoms with Crippen LogP contribution < -0.4 is 15.4 Å². The summed E-state index contributed by atoms with van der Waals surface area (Å²) in [4.78, 5) is 47.7. The van der Waals surface area contributed by atoms with E-state index in [0.717, 1.165) is 12.1 Å². The maximum atomic E-state index is 13.9. The number of ether oxygens (including phenoxy) is 1. The van der Waals surface area contributed by atoms with Crippen molar-refractivity contribution < 1.29 is 41.3 Å². The minimum atomic E-state index is -5.18. The molecule has 0 spiro atoms. The smallest absolute Gasteiger partial charge is 0.404 e.